The molecule has 7 nitrogen and oxygen atoms in total. The number of rotatable bonds is 5. The van der Waals surface area contributed by atoms with Gasteiger partial charge in [0.25, 0.3) is 0 Å². The minimum Gasteiger partial charge on any atom is -0.454 e. The van der Waals surface area contributed by atoms with Gasteiger partial charge in [-0.25, -0.2) is 4.98 Å². The van der Waals surface area contributed by atoms with Crippen LogP contribution in [0, 0.1) is 0 Å². The van der Waals surface area contributed by atoms with Gasteiger partial charge in [0.05, 0.1) is 18.3 Å². The highest BCUT2D eigenvalue weighted by Gasteiger charge is 2.13. The maximum atomic E-state index is 12.4. The van der Waals surface area contributed by atoms with Crippen molar-refractivity contribution < 1.29 is 14.3 Å². The number of hydrogen-bond donors (Lipinski definition) is 3. The zero-order chi connectivity index (χ0) is 19.6. The van der Waals surface area contributed by atoms with E-state index in [1.54, 1.807) is 12.3 Å². The molecule has 2 aromatic heterocycles. The van der Waals surface area contributed by atoms with Crippen LogP contribution in [-0.2, 0) is 11.2 Å². The topological polar surface area (TPSA) is 88.3 Å². The minimum atomic E-state index is -0.112. The third-order valence-electron chi connectivity index (χ3n) is 4.72. The largest absolute Gasteiger partial charge is 0.454 e. The number of aromatic amines is 1. The second kappa shape index (κ2) is 7.20. The van der Waals surface area contributed by atoms with Gasteiger partial charge in [0.1, 0.15) is 5.82 Å². The summed E-state index contributed by atoms with van der Waals surface area (Å²) in [7, 11) is 0. The summed E-state index contributed by atoms with van der Waals surface area (Å²) in [6.07, 6.45) is 3.82. The van der Waals surface area contributed by atoms with E-state index in [4.69, 9.17) is 9.47 Å². The Morgan fingerprint density at radius 3 is 2.79 bits per heavy atom. The molecule has 144 valence electrons. The Morgan fingerprint density at radius 1 is 1.03 bits per heavy atom. The zero-order valence-electron chi connectivity index (χ0n) is 15.4. The van der Waals surface area contributed by atoms with Crippen molar-refractivity contribution >= 4 is 34.0 Å². The first-order valence-electron chi connectivity index (χ1n) is 9.22. The van der Waals surface area contributed by atoms with E-state index in [-0.39, 0.29) is 19.1 Å². The molecule has 0 aliphatic carbocycles. The molecular weight excluding hydrogens is 368 g/mol. The fourth-order valence-electron chi connectivity index (χ4n) is 3.32. The van der Waals surface area contributed by atoms with Crippen LogP contribution in [0.2, 0.25) is 0 Å². The van der Waals surface area contributed by atoms with Gasteiger partial charge in [0.15, 0.2) is 11.5 Å². The van der Waals surface area contributed by atoms with E-state index in [0.29, 0.717) is 11.6 Å². The number of carbonyl (C=O) groups is 1. The predicted molar refractivity (Wildman–Crippen MR) is 111 cm³/mol. The number of fused-ring (bicyclic) bond motifs is 2. The quantitative estimate of drug-likeness (QED) is 0.478. The smallest absolute Gasteiger partial charge is 0.231 e. The number of aromatic nitrogens is 2. The van der Waals surface area contributed by atoms with Crippen molar-refractivity contribution in [1.29, 1.82) is 0 Å². The van der Waals surface area contributed by atoms with E-state index in [1.807, 2.05) is 54.7 Å². The lowest BCUT2D eigenvalue weighted by Crippen LogP contribution is -2.15. The Morgan fingerprint density at radius 2 is 1.90 bits per heavy atom. The Hall–Kier alpha value is -4.00. The number of hydrogen-bond acceptors (Lipinski definition) is 5. The molecule has 0 bridgehead atoms. The number of H-pyrrole nitrogens is 1. The second-order valence-electron chi connectivity index (χ2n) is 6.71. The third kappa shape index (κ3) is 3.58. The van der Waals surface area contributed by atoms with Crippen molar-refractivity contribution in [3.8, 4) is 11.5 Å². The molecule has 4 aromatic rings. The highest BCUT2D eigenvalue weighted by molar-refractivity contribution is 5.95. The lowest BCUT2D eigenvalue weighted by molar-refractivity contribution is -0.115. The van der Waals surface area contributed by atoms with Crippen molar-refractivity contribution in [2.45, 2.75) is 6.42 Å². The van der Waals surface area contributed by atoms with Crippen molar-refractivity contribution in [3.05, 3.63) is 72.6 Å². The first-order valence-corrected chi connectivity index (χ1v) is 9.22. The van der Waals surface area contributed by atoms with Gasteiger partial charge < -0.3 is 25.1 Å². The monoisotopic (exact) mass is 386 g/mol. The molecule has 1 aliphatic heterocycles. The molecule has 29 heavy (non-hydrogen) atoms. The fraction of sp³-hybridized carbons (Fsp3) is 0.0909. The molecule has 3 N–H and O–H groups in total. The fourth-order valence-corrected chi connectivity index (χ4v) is 3.32. The van der Waals surface area contributed by atoms with Gasteiger partial charge >= 0.3 is 0 Å². The Balaban J connectivity index is 1.22. The Labute approximate surface area is 166 Å². The lowest BCUT2D eigenvalue weighted by Gasteiger charge is -2.08. The van der Waals surface area contributed by atoms with Crippen molar-refractivity contribution in [3.63, 3.8) is 0 Å². The van der Waals surface area contributed by atoms with Crippen LogP contribution >= 0.6 is 0 Å². The highest BCUT2D eigenvalue weighted by Crippen LogP contribution is 2.35. The number of para-hydroxylation sites is 1. The number of nitrogens with one attached hydrogen (secondary N) is 3. The second-order valence-corrected chi connectivity index (χ2v) is 6.71. The summed E-state index contributed by atoms with van der Waals surface area (Å²) >= 11 is 0. The van der Waals surface area contributed by atoms with Crippen LogP contribution in [0.4, 0.5) is 17.2 Å². The van der Waals surface area contributed by atoms with Crippen molar-refractivity contribution in [1.82, 2.24) is 9.97 Å². The summed E-state index contributed by atoms with van der Waals surface area (Å²) in [5, 5.41) is 7.15. The first-order chi connectivity index (χ1) is 14.2. The molecule has 0 saturated heterocycles. The van der Waals surface area contributed by atoms with E-state index >= 15 is 0 Å². The molecular formula is C22H18N4O3. The van der Waals surface area contributed by atoms with E-state index in [0.717, 1.165) is 33.6 Å². The van der Waals surface area contributed by atoms with Crippen LogP contribution in [0.15, 0.2) is 67.0 Å². The summed E-state index contributed by atoms with van der Waals surface area (Å²) in [5.74, 6) is 1.84. The molecule has 1 aliphatic rings. The average molecular weight is 386 g/mol. The summed E-state index contributed by atoms with van der Waals surface area (Å²) < 4.78 is 10.7. The number of carbonyl (C=O) groups excluding carboxylic acids is 1. The molecule has 2 aromatic carbocycles. The van der Waals surface area contributed by atoms with Gasteiger partial charge in [-0.3, -0.25) is 4.79 Å². The zero-order valence-corrected chi connectivity index (χ0v) is 15.4. The number of nitrogens with zero attached hydrogens (tertiary/aromatic N) is 1. The van der Waals surface area contributed by atoms with E-state index in [9.17, 15) is 4.79 Å². The summed E-state index contributed by atoms with van der Waals surface area (Å²) in [5.41, 5.74) is 3.65. The standard InChI is InChI=1S/C22H18N4O3/c27-22(9-14-11-23-18-4-2-1-3-17(14)18)26-21-8-6-16(12-24-21)25-15-5-7-19-20(10-15)29-13-28-19/h1-8,10-12,23,25H,9,13H2,(H,24,26,27). The molecule has 0 radical (unpaired) electrons. The molecule has 0 spiro atoms. The predicted octanol–water partition coefficient (Wildman–Crippen LogP) is 4.22. The number of ether oxygens (including phenoxy) is 2. The maximum absolute atomic E-state index is 12.4. The minimum absolute atomic E-state index is 0.112. The number of anilines is 3. The molecule has 5 rings (SSSR count). The van der Waals surface area contributed by atoms with Crippen molar-refractivity contribution in [2.75, 3.05) is 17.4 Å². The molecule has 7 heteroatoms. The summed E-state index contributed by atoms with van der Waals surface area (Å²) in [6.45, 7) is 0.243. The van der Waals surface area contributed by atoms with Crippen LogP contribution in [0.25, 0.3) is 10.9 Å². The van der Waals surface area contributed by atoms with Gasteiger partial charge in [-0.15, -0.1) is 0 Å². The van der Waals surface area contributed by atoms with E-state index in [1.165, 1.54) is 0 Å². The Kier molecular flexibility index (Phi) is 4.25. The SMILES string of the molecule is O=C(Cc1c[nH]c2ccccc12)Nc1ccc(Nc2ccc3c(c2)OCO3)cn1. The molecule has 3 heterocycles. The molecule has 0 saturated carbocycles. The van der Waals surface area contributed by atoms with E-state index < -0.39 is 0 Å². The molecule has 1 amide bonds. The Bertz CT molecular complexity index is 1180. The molecule has 0 fully saturated rings. The van der Waals surface area contributed by atoms with Gasteiger partial charge in [-0.2, -0.15) is 0 Å². The molecule has 0 atom stereocenters. The maximum Gasteiger partial charge on any atom is 0.231 e. The number of benzene rings is 2. The summed E-state index contributed by atoms with van der Waals surface area (Å²) in [6, 6.07) is 17.2. The van der Waals surface area contributed by atoms with Gasteiger partial charge in [0.2, 0.25) is 12.7 Å². The highest BCUT2D eigenvalue weighted by atomic mass is 16.7. The number of amides is 1. The van der Waals surface area contributed by atoms with E-state index in [2.05, 4.69) is 20.6 Å². The lowest BCUT2D eigenvalue weighted by atomic mass is 10.1. The van der Waals surface area contributed by atoms with Crippen LogP contribution in [0.5, 0.6) is 11.5 Å². The average Bonchev–Trinajstić information content (AvgIpc) is 3.36. The van der Waals surface area contributed by atoms with Crippen molar-refractivity contribution in [2.24, 2.45) is 0 Å². The number of pyridine rings is 1. The first kappa shape index (κ1) is 17.1. The summed E-state index contributed by atoms with van der Waals surface area (Å²) in [4.78, 5) is 19.9. The van der Waals surface area contributed by atoms with Gasteiger partial charge in [0, 0.05) is 28.9 Å². The van der Waals surface area contributed by atoms with Gasteiger partial charge in [-0.1, -0.05) is 18.2 Å². The van der Waals surface area contributed by atoms with Gasteiger partial charge in [-0.05, 0) is 35.9 Å². The van der Waals surface area contributed by atoms with Crippen LogP contribution in [-0.4, -0.2) is 22.7 Å². The van der Waals surface area contributed by atoms with Crippen LogP contribution in [0.3, 0.4) is 0 Å². The normalized spacial score (nSPS) is 12.1. The molecule has 0 unspecified atom stereocenters. The van der Waals surface area contributed by atoms with Crippen LogP contribution < -0.4 is 20.1 Å². The van der Waals surface area contributed by atoms with Crippen LogP contribution in [0.1, 0.15) is 5.56 Å². The third-order valence-corrected chi connectivity index (χ3v) is 4.72.